The molecule has 0 aliphatic heterocycles. The van der Waals surface area contributed by atoms with Gasteiger partial charge in [0.05, 0.1) is 0 Å². The van der Waals surface area contributed by atoms with Crippen LogP contribution in [0.1, 0.15) is 6.93 Å². The molecule has 0 heterocycles. The van der Waals surface area contributed by atoms with Crippen molar-refractivity contribution in [2.75, 3.05) is 0 Å². The maximum atomic E-state index is 7.13. The zero-order chi connectivity index (χ0) is 7.56. The first-order valence-corrected chi connectivity index (χ1v) is 3.01. The predicted molar refractivity (Wildman–Crippen MR) is 39.3 cm³/mol. The van der Waals surface area contributed by atoms with Crippen LogP contribution in [-0.4, -0.2) is 0 Å². The largest absolute Gasteiger partial charge is 0.326 e. The van der Waals surface area contributed by atoms with Gasteiger partial charge in [0.1, 0.15) is 0 Å². The highest BCUT2D eigenvalue weighted by atomic mass is 35.5. The lowest BCUT2D eigenvalue weighted by Crippen LogP contribution is -1.94. The van der Waals surface area contributed by atoms with Gasteiger partial charge in [-0.2, -0.15) is 0 Å². The summed E-state index contributed by atoms with van der Waals surface area (Å²) in [5.41, 5.74) is 6.03. The zero-order valence-corrected chi connectivity index (χ0v) is 5.60. The molecule has 0 aromatic heterocycles. The van der Waals surface area contributed by atoms with Gasteiger partial charge < -0.3 is 5.73 Å². The highest BCUT2D eigenvalue weighted by Crippen LogP contribution is 2.09. The second-order valence-electron chi connectivity index (χ2n) is 1.72. The molecule has 2 heteroatoms. The van der Waals surface area contributed by atoms with Crippen LogP contribution < -0.4 is 5.73 Å². The molecule has 48 valence electrons. The van der Waals surface area contributed by atoms with E-state index >= 15 is 0 Å². The van der Waals surface area contributed by atoms with Gasteiger partial charge in [0.25, 0.3) is 0 Å². The number of benzene rings is 1. The minimum atomic E-state index is -0.682. The summed E-state index contributed by atoms with van der Waals surface area (Å²) in [5.74, 6) is 0. The van der Waals surface area contributed by atoms with Crippen LogP contribution in [0.2, 0.25) is 5.02 Å². The fourth-order valence-corrected chi connectivity index (χ4v) is 0.809. The number of halogens is 1. The first-order chi connectivity index (χ1) is 4.70. The lowest BCUT2D eigenvalue weighted by atomic mass is 10.2. The van der Waals surface area contributed by atoms with Crippen molar-refractivity contribution in [1.29, 1.82) is 0 Å². The van der Waals surface area contributed by atoms with Gasteiger partial charge in [-0.05, 0) is 17.7 Å². The van der Waals surface area contributed by atoms with Crippen molar-refractivity contribution in [3.05, 3.63) is 34.9 Å². The van der Waals surface area contributed by atoms with E-state index in [1.807, 2.05) is 0 Å². The van der Waals surface area contributed by atoms with Crippen molar-refractivity contribution >= 4 is 11.6 Å². The fraction of sp³-hybridized carbons (Fsp3) is 0.143. The first-order valence-electron chi connectivity index (χ1n) is 3.21. The van der Waals surface area contributed by atoms with E-state index in [0.29, 0.717) is 5.02 Å². The third-order valence-electron chi connectivity index (χ3n) is 1.04. The Hall–Kier alpha value is -0.530. The highest BCUT2D eigenvalue weighted by Gasteiger charge is 1.87. The SMILES string of the molecule is [2H]C(N)c1cccc(Cl)c1. The number of hydrogen-bond donors (Lipinski definition) is 1. The van der Waals surface area contributed by atoms with E-state index in [1.165, 1.54) is 0 Å². The molecule has 1 atom stereocenters. The quantitative estimate of drug-likeness (QED) is 0.636. The summed E-state index contributed by atoms with van der Waals surface area (Å²) in [6.45, 7) is -0.682. The highest BCUT2D eigenvalue weighted by molar-refractivity contribution is 6.30. The lowest BCUT2D eigenvalue weighted by molar-refractivity contribution is 1.07. The second kappa shape index (κ2) is 2.85. The van der Waals surface area contributed by atoms with Crippen LogP contribution in [0, 0.1) is 0 Å². The summed E-state index contributed by atoms with van der Waals surface area (Å²) < 4.78 is 7.13. The smallest absolute Gasteiger partial charge is 0.0477 e. The summed E-state index contributed by atoms with van der Waals surface area (Å²) in [5, 5.41) is 0.625. The minimum absolute atomic E-state index is 0.625. The first kappa shape index (κ1) is 5.27. The molecule has 0 saturated heterocycles. The second-order valence-corrected chi connectivity index (χ2v) is 2.16. The number of rotatable bonds is 1. The molecular formula is C7H8ClN. The summed E-state index contributed by atoms with van der Waals surface area (Å²) in [6, 6.07) is 7.02. The predicted octanol–water partition coefficient (Wildman–Crippen LogP) is 1.80. The molecule has 0 bridgehead atoms. The van der Waals surface area contributed by atoms with E-state index in [1.54, 1.807) is 24.3 Å². The lowest BCUT2D eigenvalue weighted by Gasteiger charge is -1.93. The number of hydrogen-bond acceptors (Lipinski definition) is 1. The summed E-state index contributed by atoms with van der Waals surface area (Å²) in [4.78, 5) is 0. The topological polar surface area (TPSA) is 26.0 Å². The molecule has 0 spiro atoms. The Morgan fingerprint density at radius 2 is 2.44 bits per heavy atom. The molecule has 1 aromatic rings. The van der Waals surface area contributed by atoms with E-state index in [2.05, 4.69) is 0 Å². The van der Waals surface area contributed by atoms with E-state index < -0.39 is 6.52 Å². The van der Waals surface area contributed by atoms with E-state index in [-0.39, 0.29) is 0 Å². The van der Waals surface area contributed by atoms with Crippen molar-refractivity contribution < 1.29 is 1.37 Å². The van der Waals surface area contributed by atoms with Crippen molar-refractivity contribution in [2.24, 2.45) is 5.73 Å². The Morgan fingerprint density at radius 1 is 1.67 bits per heavy atom. The fourth-order valence-electron chi connectivity index (χ4n) is 0.610. The van der Waals surface area contributed by atoms with Gasteiger partial charge in [-0.25, -0.2) is 0 Å². The summed E-state index contributed by atoms with van der Waals surface area (Å²) >= 11 is 5.65. The molecule has 0 radical (unpaired) electrons. The zero-order valence-electron chi connectivity index (χ0n) is 5.84. The third-order valence-corrected chi connectivity index (χ3v) is 1.28. The molecule has 0 saturated carbocycles. The van der Waals surface area contributed by atoms with E-state index in [9.17, 15) is 0 Å². The maximum Gasteiger partial charge on any atom is 0.0477 e. The Bertz CT molecular complexity index is 225. The van der Waals surface area contributed by atoms with Crippen LogP contribution in [0.3, 0.4) is 0 Å². The van der Waals surface area contributed by atoms with Gasteiger partial charge in [0, 0.05) is 12.9 Å². The molecule has 0 aliphatic carbocycles. The molecule has 0 fully saturated rings. The Kier molecular flexibility index (Phi) is 1.67. The molecule has 1 nitrogen and oxygen atoms in total. The molecule has 1 rings (SSSR count). The van der Waals surface area contributed by atoms with Gasteiger partial charge in [-0.1, -0.05) is 23.7 Å². The Balaban J connectivity index is 2.96. The standard InChI is InChI=1S/C7H8ClN/c8-7-3-1-2-6(4-7)5-9/h1-4H,5,9H2/i5D. The normalized spacial score (nSPS) is 14.7. The summed E-state index contributed by atoms with van der Waals surface area (Å²) in [6.07, 6.45) is 0. The van der Waals surface area contributed by atoms with Gasteiger partial charge in [-0.15, -0.1) is 0 Å². The van der Waals surface area contributed by atoms with E-state index in [4.69, 9.17) is 18.7 Å². The average molecular weight is 143 g/mol. The van der Waals surface area contributed by atoms with Gasteiger partial charge in [0.2, 0.25) is 0 Å². The monoisotopic (exact) mass is 142 g/mol. The number of nitrogens with two attached hydrogens (primary N) is 1. The van der Waals surface area contributed by atoms with Crippen molar-refractivity contribution in [3.63, 3.8) is 0 Å². The summed E-state index contributed by atoms with van der Waals surface area (Å²) in [7, 11) is 0. The van der Waals surface area contributed by atoms with Crippen LogP contribution in [0.5, 0.6) is 0 Å². The van der Waals surface area contributed by atoms with Gasteiger partial charge >= 0.3 is 0 Å². The third kappa shape index (κ3) is 1.70. The molecule has 0 aliphatic rings. The Morgan fingerprint density at radius 3 is 2.89 bits per heavy atom. The van der Waals surface area contributed by atoms with Crippen molar-refractivity contribution in [1.82, 2.24) is 0 Å². The minimum Gasteiger partial charge on any atom is -0.326 e. The Labute approximate surface area is 60.8 Å². The molecule has 0 amide bonds. The molecule has 2 N–H and O–H groups in total. The van der Waals surface area contributed by atoms with Crippen LogP contribution >= 0.6 is 11.6 Å². The molecule has 1 aromatic carbocycles. The van der Waals surface area contributed by atoms with Crippen molar-refractivity contribution in [3.8, 4) is 0 Å². The molecule has 9 heavy (non-hydrogen) atoms. The van der Waals surface area contributed by atoms with Crippen LogP contribution in [0.15, 0.2) is 24.3 Å². The van der Waals surface area contributed by atoms with Gasteiger partial charge in [0.15, 0.2) is 0 Å². The van der Waals surface area contributed by atoms with E-state index in [0.717, 1.165) is 5.56 Å². The van der Waals surface area contributed by atoms with Crippen LogP contribution in [-0.2, 0) is 6.52 Å². The van der Waals surface area contributed by atoms with Gasteiger partial charge in [-0.3, -0.25) is 0 Å². The maximum absolute atomic E-state index is 7.13. The van der Waals surface area contributed by atoms with Crippen LogP contribution in [0.4, 0.5) is 0 Å². The average Bonchev–Trinajstić information content (AvgIpc) is 1.88. The molecular weight excluding hydrogens is 134 g/mol. The molecule has 1 unspecified atom stereocenters. The van der Waals surface area contributed by atoms with Crippen molar-refractivity contribution in [2.45, 2.75) is 6.52 Å². The van der Waals surface area contributed by atoms with Crippen LogP contribution in [0.25, 0.3) is 0 Å².